The molecule has 0 spiro atoms. The fourth-order valence-corrected chi connectivity index (χ4v) is 1.69. The van der Waals surface area contributed by atoms with Gasteiger partial charge < -0.3 is 0 Å². The summed E-state index contributed by atoms with van der Waals surface area (Å²) in [5.74, 6) is 0.866. The van der Waals surface area contributed by atoms with Gasteiger partial charge in [-0.1, -0.05) is 31.6 Å². The van der Waals surface area contributed by atoms with Gasteiger partial charge in [0.2, 0.25) is 0 Å². The van der Waals surface area contributed by atoms with E-state index in [1.54, 1.807) is 6.33 Å². The molecule has 0 radical (unpaired) electrons. The number of rotatable bonds is 5. The van der Waals surface area contributed by atoms with Crippen LogP contribution in [0, 0.1) is 0 Å². The topological polar surface area (TPSA) is 30.7 Å². The van der Waals surface area contributed by atoms with Gasteiger partial charge in [0.25, 0.3) is 0 Å². The standard InChI is InChI=1S/C13H21N3/c1-6-7-11(4)8-12(5)13-14-9-15-16(13)10(2)3/h8-10H,5-7H2,1-4H3. The van der Waals surface area contributed by atoms with Crippen molar-refractivity contribution in [2.24, 2.45) is 0 Å². The predicted molar refractivity (Wildman–Crippen MR) is 68.1 cm³/mol. The Morgan fingerprint density at radius 2 is 2.25 bits per heavy atom. The van der Waals surface area contributed by atoms with E-state index in [2.05, 4.69) is 50.4 Å². The van der Waals surface area contributed by atoms with Gasteiger partial charge in [0.1, 0.15) is 6.33 Å². The van der Waals surface area contributed by atoms with Crippen molar-refractivity contribution in [1.82, 2.24) is 14.8 Å². The Bertz CT molecular complexity index is 386. The molecule has 0 amide bonds. The van der Waals surface area contributed by atoms with Crippen molar-refractivity contribution < 1.29 is 0 Å². The van der Waals surface area contributed by atoms with E-state index in [1.165, 1.54) is 5.57 Å². The molecule has 0 aliphatic rings. The van der Waals surface area contributed by atoms with Crippen molar-refractivity contribution in [1.29, 1.82) is 0 Å². The van der Waals surface area contributed by atoms with E-state index >= 15 is 0 Å². The first kappa shape index (κ1) is 12.7. The lowest BCUT2D eigenvalue weighted by atomic mass is 10.1. The van der Waals surface area contributed by atoms with Gasteiger partial charge in [0.15, 0.2) is 5.82 Å². The minimum absolute atomic E-state index is 0.314. The highest BCUT2D eigenvalue weighted by Crippen LogP contribution is 2.17. The summed E-state index contributed by atoms with van der Waals surface area (Å²) in [5, 5.41) is 4.21. The maximum absolute atomic E-state index is 4.26. The van der Waals surface area contributed by atoms with Gasteiger partial charge in [-0.3, -0.25) is 0 Å². The first-order valence-electron chi connectivity index (χ1n) is 5.82. The zero-order valence-electron chi connectivity index (χ0n) is 10.7. The summed E-state index contributed by atoms with van der Waals surface area (Å²) >= 11 is 0. The molecule has 88 valence electrons. The molecule has 1 aromatic rings. The summed E-state index contributed by atoms with van der Waals surface area (Å²) in [6, 6.07) is 0.314. The van der Waals surface area contributed by atoms with Crippen LogP contribution in [0.1, 0.15) is 52.4 Å². The molecule has 1 rings (SSSR count). The number of nitrogens with zero attached hydrogens (tertiary/aromatic N) is 3. The quantitative estimate of drug-likeness (QED) is 0.708. The molecule has 3 nitrogen and oxygen atoms in total. The van der Waals surface area contributed by atoms with E-state index in [0.717, 1.165) is 24.2 Å². The molecule has 0 atom stereocenters. The monoisotopic (exact) mass is 219 g/mol. The zero-order chi connectivity index (χ0) is 12.1. The van der Waals surface area contributed by atoms with Gasteiger partial charge in [-0.2, -0.15) is 5.10 Å². The number of hydrogen-bond acceptors (Lipinski definition) is 2. The lowest BCUT2D eigenvalue weighted by molar-refractivity contribution is 0.525. The molecule has 0 aliphatic carbocycles. The van der Waals surface area contributed by atoms with Gasteiger partial charge in [-0.05, 0) is 27.2 Å². The fourth-order valence-electron chi connectivity index (χ4n) is 1.69. The van der Waals surface area contributed by atoms with Gasteiger partial charge in [0.05, 0.1) is 0 Å². The molecule has 1 heterocycles. The molecule has 0 aromatic carbocycles. The molecule has 0 bridgehead atoms. The maximum Gasteiger partial charge on any atom is 0.157 e. The van der Waals surface area contributed by atoms with Crippen LogP contribution in [0.25, 0.3) is 5.57 Å². The molecule has 0 saturated carbocycles. The molecule has 0 saturated heterocycles. The highest BCUT2D eigenvalue weighted by molar-refractivity contribution is 5.67. The molecule has 3 heteroatoms. The SMILES string of the molecule is C=C(C=C(C)CCC)c1ncnn1C(C)C. The van der Waals surface area contributed by atoms with Crippen molar-refractivity contribution in [3.05, 3.63) is 30.4 Å². The van der Waals surface area contributed by atoms with E-state index in [4.69, 9.17) is 0 Å². The molecule has 0 N–H and O–H groups in total. The predicted octanol–water partition coefficient (Wildman–Crippen LogP) is 3.62. The Morgan fingerprint density at radius 3 is 2.81 bits per heavy atom. The van der Waals surface area contributed by atoms with Crippen LogP contribution in [0.2, 0.25) is 0 Å². The van der Waals surface area contributed by atoms with Gasteiger partial charge in [-0.25, -0.2) is 9.67 Å². The van der Waals surface area contributed by atoms with Gasteiger partial charge in [-0.15, -0.1) is 0 Å². The maximum atomic E-state index is 4.26. The van der Waals surface area contributed by atoms with Crippen molar-refractivity contribution in [3.63, 3.8) is 0 Å². The second-order valence-corrected chi connectivity index (χ2v) is 4.39. The van der Waals surface area contributed by atoms with Crippen molar-refractivity contribution in [3.8, 4) is 0 Å². The van der Waals surface area contributed by atoms with Crippen LogP contribution in [0.15, 0.2) is 24.6 Å². The largest absolute Gasteiger partial charge is 0.243 e. The molecular weight excluding hydrogens is 198 g/mol. The molecule has 0 aliphatic heterocycles. The number of allylic oxidation sites excluding steroid dienone is 3. The van der Waals surface area contributed by atoms with E-state index < -0.39 is 0 Å². The smallest absolute Gasteiger partial charge is 0.157 e. The third-order valence-corrected chi connectivity index (χ3v) is 2.41. The van der Waals surface area contributed by atoms with E-state index in [1.807, 2.05) is 4.68 Å². The highest BCUT2D eigenvalue weighted by Gasteiger charge is 2.09. The second-order valence-electron chi connectivity index (χ2n) is 4.39. The van der Waals surface area contributed by atoms with E-state index in [0.29, 0.717) is 6.04 Å². The summed E-state index contributed by atoms with van der Waals surface area (Å²) in [6.07, 6.45) is 5.96. The zero-order valence-corrected chi connectivity index (χ0v) is 10.7. The molecular formula is C13H21N3. The Hall–Kier alpha value is -1.38. The van der Waals surface area contributed by atoms with Gasteiger partial charge >= 0.3 is 0 Å². The van der Waals surface area contributed by atoms with E-state index in [9.17, 15) is 0 Å². The van der Waals surface area contributed by atoms with Crippen LogP contribution >= 0.6 is 0 Å². The summed E-state index contributed by atoms with van der Waals surface area (Å²) in [6.45, 7) is 12.6. The molecule has 0 unspecified atom stereocenters. The molecule has 1 aromatic heterocycles. The highest BCUT2D eigenvalue weighted by atomic mass is 15.3. The number of hydrogen-bond donors (Lipinski definition) is 0. The Balaban J connectivity index is 2.88. The van der Waals surface area contributed by atoms with Crippen LogP contribution in [-0.4, -0.2) is 14.8 Å². The lowest BCUT2D eigenvalue weighted by Gasteiger charge is -2.09. The third-order valence-electron chi connectivity index (χ3n) is 2.41. The van der Waals surface area contributed by atoms with Crippen LogP contribution in [0.4, 0.5) is 0 Å². The Morgan fingerprint density at radius 1 is 1.56 bits per heavy atom. The van der Waals surface area contributed by atoms with Gasteiger partial charge in [0, 0.05) is 11.6 Å². The second kappa shape index (κ2) is 5.64. The average Bonchev–Trinajstić information content (AvgIpc) is 2.65. The summed E-state index contributed by atoms with van der Waals surface area (Å²) < 4.78 is 1.90. The Kier molecular flexibility index (Phi) is 4.47. The minimum Gasteiger partial charge on any atom is -0.243 e. The third kappa shape index (κ3) is 3.05. The summed E-state index contributed by atoms with van der Waals surface area (Å²) in [7, 11) is 0. The normalized spacial score (nSPS) is 12.2. The van der Waals surface area contributed by atoms with Crippen LogP contribution in [0.3, 0.4) is 0 Å². The number of aromatic nitrogens is 3. The van der Waals surface area contributed by atoms with Crippen molar-refractivity contribution in [2.45, 2.75) is 46.6 Å². The van der Waals surface area contributed by atoms with Crippen LogP contribution < -0.4 is 0 Å². The Labute approximate surface area is 97.9 Å². The first-order chi connectivity index (χ1) is 7.56. The molecule has 0 fully saturated rings. The van der Waals surface area contributed by atoms with Crippen LogP contribution in [0.5, 0.6) is 0 Å². The average molecular weight is 219 g/mol. The van der Waals surface area contributed by atoms with Crippen molar-refractivity contribution >= 4 is 5.57 Å². The summed E-state index contributed by atoms with van der Waals surface area (Å²) in [4.78, 5) is 4.26. The van der Waals surface area contributed by atoms with Crippen LogP contribution in [-0.2, 0) is 0 Å². The van der Waals surface area contributed by atoms with E-state index in [-0.39, 0.29) is 0 Å². The van der Waals surface area contributed by atoms with Crippen molar-refractivity contribution in [2.75, 3.05) is 0 Å². The fraction of sp³-hybridized carbons (Fsp3) is 0.538. The summed E-state index contributed by atoms with van der Waals surface area (Å²) in [5.41, 5.74) is 2.28. The lowest BCUT2D eigenvalue weighted by Crippen LogP contribution is -2.06. The molecule has 16 heavy (non-hydrogen) atoms. The minimum atomic E-state index is 0.314. The first-order valence-corrected chi connectivity index (χ1v) is 5.82.